The normalized spacial score (nSPS) is 10.5. The minimum atomic E-state index is 0.257. The van der Waals surface area contributed by atoms with Gasteiger partial charge in [-0.1, -0.05) is 11.3 Å². The molecule has 5 heteroatoms. The third-order valence-electron chi connectivity index (χ3n) is 2.07. The van der Waals surface area contributed by atoms with E-state index in [1.807, 2.05) is 12.1 Å². The first kappa shape index (κ1) is 10.2. The standard InChI is InChI=1S/C10H9BrN3O/c11-9-7-8(1-2-10(9)15)3-5-14-6-4-12-13-14/h1-2,6-7,15H,3,5H2. The van der Waals surface area contributed by atoms with Gasteiger partial charge in [-0.2, -0.15) is 0 Å². The Morgan fingerprint density at radius 3 is 3.00 bits per heavy atom. The van der Waals surface area contributed by atoms with Crippen molar-refractivity contribution in [1.29, 1.82) is 0 Å². The molecule has 4 nitrogen and oxygen atoms in total. The van der Waals surface area contributed by atoms with Crippen molar-refractivity contribution in [3.05, 3.63) is 40.6 Å². The smallest absolute Gasteiger partial charge is 0.134 e. The van der Waals surface area contributed by atoms with Crippen LogP contribution in [0.3, 0.4) is 0 Å². The van der Waals surface area contributed by atoms with Gasteiger partial charge in [0, 0.05) is 6.54 Å². The number of aromatic hydroxyl groups is 1. The maximum Gasteiger partial charge on any atom is 0.134 e. The minimum Gasteiger partial charge on any atom is -0.507 e. The van der Waals surface area contributed by atoms with Gasteiger partial charge in [0.25, 0.3) is 0 Å². The number of halogens is 1. The highest BCUT2D eigenvalue weighted by Crippen LogP contribution is 2.24. The molecule has 0 aliphatic rings. The van der Waals surface area contributed by atoms with Crippen LogP contribution in [0.2, 0.25) is 0 Å². The molecule has 0 spiro atoms. The number of nitrogens with zero attached hydrogens (tertiary/aromatic N) is 3. The predicted molar refractivity (Wildman–Crippen MR) is 58.4 cm³/mol. The van der Waals surface area contributed by atoms with Gasteiger partial charge in [0.15, 0.2) is 0 Å². The van der Waals surface area contributed by atoms with Gasteiger partial charge in [-0.15, -0.1) is 5.10 Å². The van der Waals surface area contributed by atoms with Crippen LogP contribution in [0.15, 0.2) is 28.9 Å². The van der Waals surface area contributed by atoms with Gasteiger partial charge in [0.2, 0.25) is 0 Å². The van der Waals surface area contributed by atoms with Crippen LogP contribution < -0.4 is 0 Å². The van der Waals surface area contributed by atoms with Crippen LogP contribution in [-0.2, 0) is 13.0 Å². The van der Waals surface area contributed by atoms with E-state index in [1.165, 1.54) is 0 Å². The van der Waals surface area contributed by atoms with E-state index in [0.717, 1.165) is 18.5 Å². The van der Waals surface area contributed by atoms with Gasteiger partial charge in [0.1, 0.15) is 11.9 Å². The van der Waals surface area contributed by atoms with E-state index >= 15 is 0 Å². The summed E-state index contributed by atoms with van der Waals surface area (Å²) in [6.45, 7) is 0.758. The van der Waals surface area contributed by atoms with Gasteiger partial charge in [-0.25, -0.2) is 0 Å². The molecule has 2 aromatic rings. The van der Waals surface area contributed by atoms with Gasteiger partial charge >= 0.3 is 0 Å². The molecular weight excluding hydrogens is 258 g/mol. The number of phenols is 1. The van der Waals surface area contributed by atoms with Crippen LogP contribution in [0.5, 0.6) is 5.75 Å². The lowest BCUT2D eigenvalue weighted by molar-refractivity contribution is 0.471. The van der Waals surface area contributed by atoms with E-state index in [9.17, 15) is 5.11 Å². The number of aromatic nitrogens is 3. The Morgan fingerprint density at radius 1 is 1.47 bits per heavy atom. The molecular formula is C10H9BrN3O. The van der Waals surface area contributed by atoms with Crippen LogP contribution in [-0.4, -0.2) is 20.1 Å². The summed E-state index contributed by atoms with van der Waals surface area (Å²) in [7, 11) is 0. The van der Waals surface area contributed by atoms with Gasteiger partial charge in [-0.05, 0) is 40.0 Å². The van der Waals surface area contributed by atoms with Crippen molar-refractivity contribution >= 4 is 15.9 Å². The lowest BCUT2D eigenvalue weighted by Gasteiger charge is -2.03. The highest BCUT2D eigenvalue weighted by molar-refractivity contribution is 9.10. The molecule has 0 amide bonds. The van der Waals surface area contributed by atoms with Gasteiger partial charge in [0.05, 0.1) is 10.7 Å². The average Bonchev–Trinajstić information content (AvgIpc) is 2.73. The maximum absolute atomic E-state index is 9.32. The minimum absolute atomic E-state index is 0.257. The summed E-state index contributed by atoms with van der Waals surface area (Å²) in [6, 6.07) is 5.46. The first-order valence-corrected chi connectivity index (χ1v) is 5.28. The van der Waals surface area contributed by atoms with Crippen molar-refractivity contribution in [2.24, 2.45) is 0 Å². The second-order valence-electron chi connectivity index (χ2n) is 3.15. The molecule has 1 N–H and O–H groups in total. The molecule has 1 heterocycles. The molecule has 1 aromatic carbocycles. The van der Waals surface area contributed by atoms with Crippen molar-refractivity contribution in [3.8, 4) is 5.75 Å². The molecule has 15 heavy (non-hydrogen) atoms. The predicted octanol–water partition coefficient (Wildman–Crippen LogP) is 1.79. The zero-order valence-electron chi connectivity index (χ0n) is 7.89. The molecule has 0 aliphatic carbocycles. The molecule has 1 aromatic heterocycles. The monoisotopic (exact) mass is 266 g/mol. The fourth-order valence-electron chi connectivity index (χ4n) is 1.26. The Hall–Kier alpha value is -1.36. The van der Waals surface area contributed by atoms with E-state index in [0.29, 0.717) is 4.47 Å². The van der Waals surface area contributed by atoms with Crippen LogP contribution in [0.25, 0.3) is 0 Å². The Bertz CT molecular complexity index is 442. The highest BCUT2D eigenvalue weighted by Gasteiger charge is 2.00. The Kier molecular flexibility index (Phi) is 3.01. The molecule has 0 unspecified atom stereocenters. The van der Waals surface area contributed by atoms with Crippen LogP contribution in [0, 0.1) is 6.20 Å². The first-order valence-electron chi connectivity index (χ1n) is 4.49. The maximum atomic E-state index is 9.32. The summed E-state index contributed by atoms with van der Waals surface area (Å²) < 4.78 is 2.44. The average molecular weight is 267 g/mol. The van der Waals surface area contributed by atoms with Crippen molar-refractivity contribution < 1.29 is 5.11 Å². The zero-order valence-corrected chi connectivity index (χ0v) is 9.48. The SMILES string of the molecule is Oc1ccc(CCn2c[c]nn2)cc1Br. The lowest BCUT2D eigenvalue weighted by Crippen LogP contribution is -2.02. The molecule has 77 valence electrons. The fourth-order valence-corrected chi connectivity index (χ4v) is 1.69. The molecule has 0 fully saturated rings. The number of rotatable bonds is 3. The fraction of sp³-hybridized carbons (Fsp3) is 0.200. The summed E-state index contributed by atoms with van der Waals surface area (Å²) in [5, 5.41) is 16.7. The van der Waals surface area contributed by atoms with Crippen molar-refractivity contribution in [2.45, 2.75) is 13.0 Å². The summed E-state index contributed by atoms with van der Waals surface area (Å²) >= 11 is 3.27. The second kappa shape index (κ2) is 4.44. The molecule has 0 saturated carbocycles. The summed E-state index contributed by atoms with van der Waals surface area (Å²) in [4.78, 5) is 0. The number of phenolic OH excluding ortho intramolecular Hbond substituents is 1. The van der Waals surface area contributed by atoms with E-state index in [4.69, 9.17) is 0 Å². The van der Waals surface area contributed by atoms with Gasteiger partial charge < -0.3 is 5.11 Å². The third kappa shape index (κ3) is 2.56. The molecule has 0 bridgehead atoms. The van der Waals surface area contributed by atoms with E-state index in [-0.39, 0.29) is 5.75 Å². The van der Waals surface area contributed by atoms with Crippen LogP contribution in [0.1, 0.15) is 5.56 Å². The Morgan fingerprint density at radius 2 is 2.33 bits per heavy atom. The number of hydrogen-bond acceptors (Lipinski definition) is 3. The van der Waals surface area contributed by atoms with E-state index in [1.54, 1.807) is 16.9 Å². The molecule has 0 aliphatic heterocycles. The number of aryl methyl sites for hydroxylation is 2. The number of benzene rings is 1. The first-order chi connectivity index (χ1) is 7.25. The summed E-state index contributed by atoms with van der Waals surface area (Å²) in [6.07, 6.45) is 5.19. The summed E-state index contributed by atoms with van der Waals surface area (Å²) in [5.74, 6) is 0.257. The molecule has 0 saturated heterocycles. The Labute approximate surface area is 95.7 Å². The largest absolute Gasteiger partial charge is 0.507 e. The van der Waals surface area contributed by atoms with Crippen LogP contribution >= 0.6 is 15.9 Å². The third-order valence-corrected chi connectivity index (χ3v) is 2.70. The molecule has 2 rings (SSSR count). The second-order valence-corrected chi connectivity index (χ2v) is 4.00. The van der Waals surface area contributed by atoms with E-state index in [2.05, 4.69) is 32.4 Å². The van der Waals surface area contributed by atoms with Crippen molar-refractivity contribution in [2.75, 3.05) is 0 Å². The molecule has 1 radical (unpaired) electrons. The summed E-state index contributed by atoms with van der Waals surface area (Å²) in [5.41, 5.74) is 1.13. The zero-order chi connectivity index (χ0) is 10.7. The van der Waals surface area contributed by atoms with Crippen molar-refractivity contribution in [1.82, 2.24) is 15.0 Å². The van der Waals surface area contributed by atoms with Crippen molar-refractivity contribution in [3.63, 3.8) is 0 Å². The quantitative estimate of drug-likeness (QED) is 0.922. The lowest BCUT2D eigenvalue weighted by atomic mass is 10.1. The van der Waals surface area contributed by atoms with Gasteiger partial charge in [-0.3, -0.25) is 4.68 Å². The molecule has 0 atom stereocenters. The highest BCUT2D eigenvalue weighted by atomic mass is 79.9. The topological polar surface area (TPSA) is 50.9 Å². The number of hydrogen-bond donors (Lipinski definition) is 1. The Balaban J connectivity index is 2.02. The van der Waals surface area contributed by atoms with E-state index < -0.39 is 0 Å². The van der Waals surface area contributed by atoms with Crippen LogP contribution in [0.4, 0.5) is 0 Å².